The van der Waals surface area contributed by atoms with E-state index in [1.165, 1.54) is 5.56 Å². The molecule has 0 aliphatic rings. The van der Waals surface area contributed by atoms with Crippen molar-refractivity contribution in [1.82, 2.24) is 5.16 Å². The molecule has 0 radical (unpaired) electrons. The van der Waals surface area contributed by atoms with Crippen LogP contribution < -0.4 is 5.73 Å². The second-order valence-electron chi connectivity index (χ2n) is 4.51. The fourth-order valence-corrected chi connectivity index (χ4v) is 1.97. The maximum atomic E-state index is 5.81. The summed E-state index contributed by atoms with van der Waals surface area (Å²) in [6.07, 6.45) is 1.04. The molecule has 0 unspecified atom stereocenters. The lowest BCUT2D eigenvalue weighted by atomic mass is 9.98. The molecule has 2 rings (SSSR count). The van der Waals surface area contributed by atoms with E-state index in [-0.39, 0.29) is 0 Å². The van der Waals surface area contributed by atoms with Crippen molar-refractivity contribution in [2.75, 3.05) is 5.73 Å². The van der Waals surface area contributed by atoms with Gasteiger partial charge in [-0.15, -0.1) is 0 Å². The lowest BCUT2D eigenvalue weighted by Crippen LogP contribution is -1.94. The fourth-order valence-electron chi connectivity index (χ4n) is 1.97. The predicted molar refractivity (Wildman–Crippen MR) is 69.8 cm³/mol. The Kier molecular flexibility index (Phi) is 3.18. The Morgan fingerprint density at radius 2 is 1.88 bits per heavy atom. The van der Waals surface area contributed by atoms with Gasteiger partial charge in [-0.25, -0.2) is 0 Å². The number of anilines is 1. The maximum absolute atomic E-state index is 5.81. The van der Waals surface area contributed by atoms with Gasteiger partial charge in [-0.1, -0.05) is 50.2 Å². The largest absolute Gasteiger partial charge is 0.367 e. The van der Waals surface area contributed by atoms with E-state index in [1.807, 2.05) is 0 Å². The number of benzene rings is 1. The SMILES string of the molecule is CCc1ccc(-c2noc(N)c2C(C)C)cc1. The first-order valence-electron chi connectivity index (χ1n) is 5.97. The highest BCUT2D eigenvalue weighted by molar-refractivity contribution is 5.68. The average Bonchev–Trinajstić information content (AvgIpc) is 2.71. The minimum Gasteiger partial charge on any atom is -0.367 e. The highest BCUT2D eigenvalue weighted by atomic mass is 16.5. The summed E-state index contributed by atoms with van der Waals surface area (Å²) in [5, 5.41) is 4.06. The smallest absolute Gasteiger partial charge is 0.226 e. The average molecular weight is 230 g/mol. The van der Waals surface area contributed by atoms with E-state index >= 15 is 0 Å². The zero-order valence-corrected chi connectivity index (χ0v) is 10.5. The second kappa shape index (κ2) is 4.62. The van der Waals surface area contributed by atoms with Gasteiger partial charge in [0.05, 0.1) is 0 Å². The van der Waals surface area contributed by atoms with Crippen LogP contribution in [0.4, 0.5) is 5.88 Å². The summed E-state index contributed by atoms with van der Waals surface area (Å²) in [5.41, 5.74) is 10.0. The van der Waals surface area contributed by atoms with Crippen molar-refractivity contribution in [2.45, 2.75) is 33.1 Å². The molecule has 0 saturated heterocycles. The van der Waals surface area contributed by atoms with Gasteiger partial charge < -0.3 is 10.3 Å². The third-order valence-corrected chi connectivity index (χ3v) is 2.97. The second-order valence-corrected chi connectivity index (χ2v) is 4.51. The van der Waals surface area contributed by atoms with E-state index in [1.54, 1.807) is 0 Å². The van der Waals surface area contributed by atoms with Crippen LogP contribution >= 0.6 is 0 Å². The van der Waals surface area contributed by atoms with Crippen molar-refractivity contribution in [1.29, 1.82) is 0 Å². The van der Waals surface area contributed by atoms with Crippen molar-refractivity contribution >= 4 is 5.88 Å². The lowest BCUT2D eigenvalue weighted by Gasteiger charge is -2.05. The van der Waals surface area contributed by atoms with Crippen LogP contribution in [-0.4, -0.2) is 5.16 Å². The van der Waals surface area contributed by atoms with Gasteiger partial charge in [-0.3, -0.25) is 0 Å². The molecule has 2 N–H and O–H groups in total. The molecule has 0 aliphatic heterocycles. The van der Waals surface area contributed by atoms with Crippen LogP contribution in [0.5, 0.6) is 0 Å². The van der Waals surface area contributed by atoms with Gasteiger partial charge in [-0.2, -0.15) is 0 Å². The molecule has 0 saturated carbocycles. The molecular formula is C14H18N2O. The molecule has 1 aromatic carbocycles. The minimum absolute atomic E-state index is 0.308. The van der Waals surface area contributed by atoms with Crippen LogP contribution in [0, 0.1) is 0 Å². The van der Waals surface area contributed by atoms with Crippen molar-refractivity contribution in [3.05, 3.63) is 35.4 Å². The number of hydrogen-bond acceptors (Lipinski definition) is 3. The van der Waals surface area contributed by atoms with Gasteiger partial charge in [-0.05, 0) is 17.9 Å². The quantitative estimate of drug-likeness (QED) is 0.876. The van der Waals surface area contributed by atoms with Gasteiger partial charge in [0, 0.05) is 11.1 Å². The van der Waals surface area contributed by atoms with E-state index in [4.69, 9.17) is 10.3 Å². The zero-order chi connectivity index (χ0) is 12.4. The van der Waals surface area contributed by atoms with Crippen LogP contribution in [0.1, 0.15) is 37.8 Å². The number of rotatable bonds is 3. The molecule has 2 aromatic rings. The number of aromatic nitrogens is 1. The standard InChI is InChI=1S/C14H18N2O/c1-4-10-5-7-11(8-6-10)13-12(9(2)3)14(15)17-16-13/h5-9H,4,15H2,1-3H3. The van der Waals surface area contributed by atoms with E-state index in [2.05, 4.69) is 50.2 Å². The highest BCUT2D eigenvalue weighted by Crippen LogP contribution is 2.32. The summed E-state index contributed by atoms with van der Waals surface area (Å²) in [5.74, 6) is 0.733. The number of nitrogen functional groups attached to an aromatic ring is 1. The molecule has 3 nitrogen and oxygen atoms in total. The number of aryl methyl sites for hydroxylation is 1. The highest BCUT2D eigenvalue weighted by Gasteiger charge is 2.17. The Morgan fingerprint density at radius 1 is 1.24 bits per heavy atom. The third-order valence-electron chi connectivity index (χ3n) is 2.97. The van der Waals surface area contributed by atoms with Crippen molar-refractivity contribution in [3.8, 4) is 11.3 Å². The summed E-state index contributed by atoms with van der Waals surface area (Å²) in [4.78, 5) is 0. The predicted octanol–water partition coefficient (Wildman–Crippen LogP) is 3.61. The molecule has 1 heterocycles. The Bertz CT molecular complexity index is 497. The molecule has 0 bridgehead atoms. The van der Waals surface area contributed by atoms with Crippen LogP contribution in [0.3, 0.4) is 0 Å². The molecule has 0 spiro atoms. The molecule has 0 amide bonds. The first-order valence-corrected chi connectivity index (χ1v) is 5.97. The zero-order valence-electron chi connectivity index (χ0n) is 10.5. The summed E-state index contributed by atoms with van der Waals surface area (Å²) < 4.78 is 5.10. The van der Waals surface area contributed by atoms with Crippen LogP contribution in [0.2, 0.25) is 0 Å². The Labute approximate surface area is 102 Å². The number of nitrogens with two attached hydrogens (primary N) is 1. The fraction of sp³-hybridized carbons (Fsp3) is 0.357. The topological polar surface area (TPSA) is 52.0 Å². The summed E-state index contributed by atoms with van der Waals surface area (Å²) >= 11 is 0. The number of hydrogen-bond donors (Lipinski definition) is 1. The van der Waals surface area contributed by atoms with E-state index < -0.39 is 0 Å². The molecular weight excluding hydrogens is 212 g/mol. The first kappa shape index (κ1) is 11.7. The van der Waals surface area contributed by atoms with Gasteiger partial charge in [0.2, 0.25) is 5.88 Å². The van der Waals surface area contributed by atoms with Crippen molar-refractivity contribution in [2.24, 2.45) is 0 Å². The third kappa shape index (κ3) is 2.18. The molecule has 0 atom stereocenters. The van der Waals surface area contributed by atoms with Gasteiger partial charge in [0.1, 0.15) is 5.69 Å². The monoisotopic (exact) mass is 230 g/mol. The Balaban J connectivity index is 2.45. The van der Waals surface area contributed by atoms with Crippen molar-refractivity contribution in [3.63, 3.8) is 0 Å². The molecule has 1 aromatic heterocycles. The van der Waals surface area contributed by atoms with Gasteiger partial charge in [0.25, 0.3) is 0 Å². The van der Waals surface area contributed by atoms with Crippen molar-refractivity contribution < 1.29 is 4.52 Å². The molecule has 90 valence electrons. The summed E-state index contributed by atoms with van der Waals surface area (Å²) in [6, 6.07) is 8.37. The minimum atomic E-state index is 0.308. The lowest BCUT2D eigenvalue weighted by molar-refractivity contribution is 0.438. The molecule has 17 heavy (non-hydrogen) atoms. The Morgan fingerprint density at radius 3 is 2.41 bits per heavy atom. The summed E-state index contributed by atoms with van der Waals surface area (Å²) in [6.45, 7) is 6.32. The van der Waals surface area contributed by atoms with Crippen LogP contribution in [0.25, 0.3) is 11.3 Å². The molecule has 0 fully saturated rings. The van der Waals surface area contributed by atoms with E-state index in [0.717, 1.165) is 23.2 Å². The first-order chi connectivity index (χ1) is 8.13. The molecule has 0 aliphatic carbocycles. The normalized spacial score (nSPS) is 11.1. The van der Waals surface area contributed by atoms with Gasteiger partial charge >= 0.3 is 0 Å². The maximum Gasteiger partial charge on any atom is 0.226 e. The van der Waals surface area contributed by atoms with E-state index in [9.17, 15) is 0 Å². The number of nitrogens with zero attached hydrogens (tertiary/aromatic N) is 1. The van der Waals surface area contributed by atoms with Gasteiger partial charge in [0.15, 0.2) is 0 Å². The Hall–Kier alpha value is -1.77. The molecule has 3 heteroatoms. The van der Waals surface area contributed by atoms with Crippen LogP contribution in [-0.2, 0) is 6.42 Å². The summed E-state index contributed by atoms with van der Waals surface area (Å²) in [7, 11) is 0. The van der Waals surface area contributed by atoms with Crippen LogP contribution in [0.15, 0.2) is 28.8 Å². The van der Waals surface area contributed by atoms with E-state index in [0.29, 0.717) is 11.8 Å².